The molecule has 1 atom stereocenters. The molecule has 0 unspecified atom stereocenters. The highest BCUT2D eigenvalue weighted by Crippen LogP contribution is 2.17. The maximum Gasteiger partial charge on any atom is 0.319 e. The minimum atomic E-state index is -0.219. The Bertz CT molecular complexity index is 579. The summed E-state index contributed by atoms with van der Waals surface area (Å²) in [7, 11) is 0. The van der Waals surface area contributed by atoms with Crippen LogP contribution in [0.1, 0.15) is 43.9 Å². The summed E-state index contributed by atoms with van der Waals surface area (Å²) in [5, 5.41) is 5.73. The van der Waals surface area contributed by atoms with Crippen LogP contribution in [0.15, 0.2) is 48.8 Å². The lowest BCUT2D eigenvalue weighted by Gasteiger charge is -2.15. The molecule has 1 aromatic heterocycles. The van der Waals surface area contributed by atoms with Gasteiger partial charge in [-0.05, 0) is 42.2 Å². The Hall–Kier alpha value is -2.36. The summed E-state index contributed by atoms with van der Waals surface area (Å²) < 4.78 is 0. The molecule has 110 valence electrons. The lowest BCUT2D eigenvalue weighted by molar-refractivity contribution is 0.249. The summed E-state index contributed by atoms with van der Waals surface area (Å²) in [5.41, 5.74) is 3.02. The number of hydrogen-bond acceptors (Lipinski definition) is 2. The number of rotatable bonds is 4. The second-order valence-electron chi connectivity index (χ2n) is 5.38. The van der Waals surface area contributed by atoms with Crippen molar-refractivity contribution < 1.29 is 4.79 Å². The fraction of sp³-hybridized carbons (Fsp3) is 0.294. The van der Waals surface area contributed by atoms with Gasteiger partial charge in [-0.1, -0.05) is 32.0 Å². The Morgan fingerprint density at radius 1 is 1.05 bits per heavy atom. The molecule has 0 bridgehead atoms. The first-order valence-corrected chi connectivity index (χ1v) is 7.13. The molecule has 2 rings (SSSR count). The van der Waals surface area contributed by atoms with Crippen molar-refractivity contribution >= 4 is 11.7 Å². The van der Waals surface area contributed by atoms with Gasteiger partial charge in [-0.25, -0.2) is 4.79 Å². The number of aromatic nitrogens is 1. The zero-order valence-electron chi connectivity index (χ0n) is 12.6. The van der Waals surface area contributed by atoms with Gasteiger partial charge in [0, 0.05) is 18.1 Å². The fourth-order valence-electron chi connectivity index (χ4n) is 2.03. The monoisotopic (exact) mass is 283 g/mol. The van der Waals surface area contributed by atoms with Gasteiger partial charge in [-0.3, -0.25) is 4.98 Å². The third-order valence-electron chi connectivity index (χ3n) is 3.37. The molecule has 1 aromatic carbocycles. The molecule has 1 heterocycles. The van der Waals surface area contributed by atoms with Gasteiger partial charge in [0.2, 0.25) is 0 Å². The van der Waals surface area contributed by atoms with Crippen LogP contribution in [0.25, 0.3) is 0 Å². The van der Waals surface area contributed by atoms with E-state index in [1.165, 1.54) is 5.56 Å². The standard InChI is InChI=1S/C17H21N3O/c1-12(2)14-6-8-16(9-7-14)20-17(21)19-13(3)15-5-4-10-18-11-15/h4-13H,1-3H3,(H2,19,20,21)/t13-/m0/s1. The predicted octanol–water partition coefficient (Wildman–Crippen LogP) is 4.09. The first-order chi connectivity index (χ1) is 10.1. The molecule has 2 aromatic rings. The Balaban J connectivity index is 1.92. The van der Waals surface area contributed by atoms with Gasteiger partial charge >= 0.3 is 6.03 Å². The van der Waals surface area contributed by atoms with Crippen LogP contribution in [0.4, 0.5) is 10.5 Å². The molecule has 4 nitrogen and oxygen atoms in total. The molecular weight excluding hydrogens is 262 g/mol. The highest BCUT2D eigenvalue weighted by Gasteiger charge is 2.09. The van der Waals surface area contributed by atoms with E-state index in [2.05, 4.69) is 29.5 Å². The number of nitrogens with zero attached hydrogens (tertiary/aromatic N) is 1. The topological polar surface area (TPSA) is 54.0 Å². The number of benzene rings is 1. The maximum absolute atomic E-state index is 12.0. The van der Waals surface area contributed by atoms with E-state index >= 15 is 0 Å². The molecule has 4 heteroatoms. The highest BCUT2D eigenvalue weighted by molar-refractivity contribution is 5.89. The summed E-state index contributed by atoms with van der Waals surface area (Å²) in [6.45, 7) is 6.22. The van der Waals surface area contributed by atoms with Gasteiger partial charge in [0.1, 0.15) is 0 Å². The summed E-state index contributed by atoms with van der Waals surface area (Å²) in [4.78, 5) is 16.0. The molecule has 0 spiro atoms. The van der Waals surface area contributed by atoms with E-state index in [9.17, 15) is 4.79 Å². The number of amides is 2. The van der Waals surface area contributed by atoms with Gasteiger partial charge in [-0.15, -0.1) is 0 Å². The number of anilines is 1. The van der Waals surface area contributed by atoms with Gasteiger partial charge in [0.25, 0.3) is 0 Å². The SMILES string of the molecule is CC(C)c1ccc(NC(=O)N[C@@H](C)c2cccnc2)cc1. The van der Waals surface area contributed by atoms with Crippen LogP contribution in [-0.4, -0.2) is 11.0 Å². The van der Waals surface area contributed by atoms with Crippen LogP contribution in [0.5, 0.6) is 0 Å². The average Bonchev–Trinajstić information content (AvgIpc) is 2.48. The number of hydrogen-bond donors (Lipinski definition) is 2. The van der Waals surface area contributed by atoms with E-state index in [-0.39, 0.29) is 12.1 Å². The van der Waals surface area contributed by atoms with Crippen LogP contribution >= 0.6 is 0 Å². The van der Waals surface area contributed by atoms with Crippen molar-refractivity contribution in [2.45, 2.75) is 32.7 Å². The van der Waals surface area contributed by atoms with E-state index < -0.39 is 0 Å². The smallest absolute Gasteiger partial charge is 0.319 e. The van der Waals surface area contributed by atoms with E-state index in [0.29, 0.717) is 5.92 Å². The van der Waals surface area contributed by atoms with Crippen LogP contribution in [0.2, 0.25) is 0 Å². The third-order valence-corrected chi connectivity index (χ3v) is 3.37. The van der Waals surface area contributed by atoms with Crippen molar-refractivity contribution in [3.63, 3.8) is 0 Å². The van der Waals surface area contributed by atoms with Crippen molar-refractivity contribution in [3.05, 3.63) is 59.9 Å². The van der Waals surface area contributed by atoms with E-state index in [1.54, 1.807) is 12.4 Å². The Morgan fingerprint density at radius 2 is 1.76 bits per heavy atom. The molecule has 2 amide bonds. The van der Waals surface area contributed by atoms with Crippen molar-refractivity contribution in [2.75, 3.05) is 5.32 Å². The number of urea groups is 1. The predicted molar refractivity (Wildman–Crippen MR) is 85.3 cm³/mol. The van der Waals surface area contributed by atoms with Gasteiger partial charge in [0.05, 0.1) is 6.04 Å². The molecular formula is C17H21N3O. The minimum Gasteiger partial charge on any atom is -0.331 e. The van der Waals surface area contributed by atoms with Crippen LogP contribution < -0.4 is 10.6 Å². The van der Waals surface area contributed by atoms with Crippen molar-refractivity contribution in [1.82, 2.24) is 10.3 Å². The number of carbonyl (C=O) groups is 1. The molecule has 0 aliphatic heterocycles. The van der Waals surface area contributed by atoms with Crippen molar-refractivity contribution in [2.24, 2.45) is 0 Å². The molecule has 0 saturated carbocycles. The minimum absolute atomic E-state index is 0.0892. The Kier molecular flexibility index (Phi) is 4.93. The first kappa shape index (κ1) is 15.0. The fourth-order valence-corrected chi connectivity index (χ4v) is 2.03. The number of nitrogens with one attached hydrogen (secondary N) is 2. The van der Waals surface area contributed by atoms with Crippen LogP contribution in [-0.2, 0) is 0 Å². The summed E-state index contributed by atoms with van der Waals surface area (Å²) in [6.07, 6.45) is 3.47. The number of pyridine rings is 1. The molecule has 0 fully saturated rings. The molecule has 0 saturated heterocycles. The summed E-state index contributed by atoms with van der Waals surface area (Å²) in [5.74, 6) is 0.485. The van der Waals surface area contributed by atoms with Crippen molar-refractivity contribution in [1.29, 1.82) is 0 Å². The van der Waals surface area contributed by atoms with Crippen LogP contribution in [0, 0.1) is 0 Å². The molecule has 0 aliphatic rings. The lowest BCUT2D eigenvalue weighted by atomic mass is 10.0. The van der Waals surface area contributed by atoms with Crippen molar-refractivity contribution in [3.8, 4) is 0 Å². The molecule has 0 aliphatic carbocycles. The van der Waals surface area contributed by atoms with E-state index in [1.807, 2.05) is 43.3 Å². The highest BCUT2D eigenvalue weighted by atomic mass is 16.2. The van der Waals surface area contributed by atoms with Gasteiger partial charge < -0.3 is 10.6 Å². The molecule has 21 heavy (non-hydrogen) atoms. The largest absolute Gasteiger partial charge is 0.331 e. The van der Waals surface area contributed by atoms with Crippen LogP contribution in [0.3, 0.4) is 0 Å². The quantitative estimate of drug-likeness (QED) is 0.888. The Labute approximate surface area is 125 Å². The molecule has 0 radical (unpaired) electrons. The van der Waals surface area contributed by atoms with E-state index in [4.69, 9.17) is 0 Å². The zero-order valence-corrected chi connectivity index (χ0v) is 12.6. The van der Waals surface area contributed by atoms with E-state index in [0.717, 1.165) is 11.3 Å². The first-order valence-electron chi connectivity index (χ1n) is 7.13. The summed E-state index contributed by atoms with van der Waals surface area (Å²) >= 11 is 0. The maximum atomic E-state index is 12.0. The lowest BCUT2D eigenvalue weighted by Crippen LogP contribution is -2.31. The third kappa shape index (κ3) is 4.31. The number of carbonyl (C=O) groups excluding carboxylic acids is 1. The average molecular weight is 283 g/mol. The summed E-state index contributed by atoms with van der Waals surface area (Å²) in [6, 6.07) is 11.4. The second kappa shape index (κ2) is 6.88. The Morgan fingerprint density at radius 3 is 2.33 bits per heavy atom. The van der Waals surface area contributed by atoms with Gasteiger partial charge in [0.15, 0.2) is 0 Å². The normalized spacial score (nSPS) is 12.0. The second-order valence-corrected chi connectivity index (χ2v) is 5.38. The molecule has 2 N–H and O–H groups in total. The zero-order chi connectivity index (χ0) is 15.2. The van der Waals surface area contributed by atoms with Gasteiger partial charge in [-0.2, -0.15) is 0 Å².